The van der Waals surface area contributed by atoms with Crippen molar-refractivity contribution in [2.75, 3.05) is 6.54 Å². The molecule has 3 aliphatic rings. The van der Waals surface area contributed by atoms with Gasteiger partial charge in [0.2, 0.25) is 5.91 Å². The quantitative estimate of drug-likeness (QED) is 0.767. The molecule has 3 heteroatoms. The third-order valence-electron chi connectivity index (χ3n) is 5.12. The second-order valence-electron chi connectivity index (χ2n) is 6.50. The van der Waals surface area contributed by atoms with Crippen molar-refractivity contribution in [3.05, 3.63) is 12.2 Å². The van der Waals surface area contributed by atoms with Crippen LogP contribution in [0.3, 0.4) is 0 Å². The van der Waals surface area contributed by atoms with Gasteiger partial charge in [-0.1, -0.05) is 25.0 Å². The van der Waals surface area contributed by atoms with Crippen molar-refractivity contribution in [1.29, 1.82) is 0 Å². The average molecular weight is 262 g/mol. The molecular weight excluding hydrogens is 236 g/mol. The van der Waals surface area contributed by atoms with Gasteiger partial charge < -0.3 is 10.6 Å². The summed E-state index contributed by atoms with van der Waals surface area (Å²) in [6, 6.07) is 0.689. The van der Waals surface area contributed by atoms with Crippen LogP contribution in [-0.2, 0) is 4.79 Å². The summed E-state index contributed by atoms with van der Waals surface area (Å²) >= 11 is 0. The number of hydrogen-bond acceptors (Lipinski definition) is 2. The van der Waals surface area contributed by atoms with Gasteiger partial charge in [-0.05, 0) is 50.4 Å². The van der Waals surface area contributed by atoms with Gasteiger partial charge >= 0.3 is 0 Å². The maximum atomic E-state index is 12.2. The van der Waals surface area contributed by atoms with Crippen LogP contribution in [-0.4, -0.2) is 24.5 Å². The number of rotatable bonds is 3. The Hall–Kier alpha value is -0.830. The van der Waals surface area contributed by atoms with Gasteiger partial charge in [-0.25, -0.2) is 0 Å². The van der Waals surface area contributed by atoms with Crippen molar-refractivity contribution in [3.63, 3.8) is 0 Å². The molecule has 2 aliphatic carbocycles. The van der Waals surface area contributed by atoms with Crippen molar-refractivity contribution >= 4 is 5.91 Å². The van der Waals surface area contributed by atoms with Gasteiger partial charge in [-0.2, -0.15) is 0 Å². The predicted octanol–water partition coefficient (Wildman–Crippen LogP) is 2.38. The van der Waals surface area contributed by atoms with E-state index in [0.717, 1.165) is 25.3 Å². The van der Waals surface area contributed by atoms with E-state index in [1.165, 1.54) is 38.5 Å². The largest absolute Gasteiger partial charge is 0.354 e. The molecule has 0 aromatic rings. The maximum absolute atomic E-state index is 12.2. The van der Waals surface area contributed by atoms with E-state index in [1.807, 2.05) is 0 Å². The Morgan fingerprint density at radius 2 is 2.11 bits per heavy atom. The topological polar surface area (TPSA) is 41.1 Å². The fraction of sp³-hybridized carbons (Fsp3) is 0.812. The second kappa shape index (κ2) is 6.08. The third-order valence-corrected chi connectivity index (χ3v) is 5.12. The first-order valence-electron chi connectivity index (χ1n) is 8.01. The molecule has 2 fully saturated rings. The van der Waals surface area contributed by atoms with Gasteiger partial charge in [0.15, 0.2) is 0 Å². The molecule has 0 aromatic heterocycles. The molecule has 4 unspecified atom stereocenters. The molecule has 1 saturated carbocycles. The summed E-state index contributed by atoms with van der Waals surface area (Å²) in [6.07, 6.45) is 14.3. The molecule has 2 N–H and O–H groups in total. The lowest BCUT2D eigenvalue weighted by Crippen LogP contribution is -2.44. The minimum Gasteiger partial charge on any atom is -0.354 e. The molecule has 19 heavy (non-hydrogen) atoms. The van der Waals surface area contributed by atoms with E-state index in [1.54, 1.807) is 0 Å². The lowest BCUT2D eigenvalue weighted by molar-refractivity contribution is -0.123. The predicted molar refractivity (Wildman–Crippen MR) is 76.8 cm³/mol. The van der Waals surface area contributed by atoms with Crippen LogP contribution >= 0.6 is 0 Å². The molecule has 1 heterocycles. The second-order valence-corrected chi connectivity index (χ2v) is 6.50. The normalized spacial score (nSPS) is 37.9. The zero-order valence-electron chi connectivity index (χ0n) is 11.7. The highest BCUT2D eigenvalue weighted by atomic mass is 16.2. The van der Waals surface area contributed by atoms with Crippen molar-refractivity contribution in [2.24, 2.45) is 11.8 Å². The number of allylic oxidation sites excluding steroid dienone is 2. The number of hydrogen-bond donors (Lipinski definition) is 2. The summed E-state index contributed by atoms with van der Waals surface area (Å²) in [5, 5.41) is 6.72. The van der Waals surface area contributed by atoms with Crippen LogP contribution in [0.1, 0.15) is 51.4 Å². The summed E-state index contributed by atoms with van der Waals surface area (Å²) < 4.78 is 0. The molecule has 3 nitrogen and oxygen atoms in total. The van der Waals surface area contributed by atoms with Gasteiger partial charge in [-0.3, -0.25) is 4.79 Å². The smallest absolute Gasteiger partial charge is 0.237 e. The number of carbonyl (C=O) groups is 1. The summed E-state index contributed by atoms with van der Waals surface area (Å²) in [4.78, 5) is 12.2. The summed E-state index contributed by atoms with van der Waals surface area (Å²) in [7, 11) is 0. The first-order valence-corrected chi connectivity index (χ1v) is 8.01. The molecule has 0 bridgehead atoms. The van der Waals surface area contributed by atoms with E-state index in [9.17, 15) is 4.79 Å². The minimum absolute atomic E-state index is 0.0761. The lowest BCUT2D eigenvalue weighted by atomic mass is 9.85. The van der Waals surface area contributed by atoms with Crippen LogP contribution in [0.25, 0.3) is 0 Å². The van der Waals surface area contributed by atoms with Gasteiger partial charge in [0.1, 0.15) is 0 Å². The van der Waals surface area contributed by atoms with E-state index < -0.39 is 0 Å². The Labute approximate surface area is 116 Å². The van der Waals surface area contributed by atoms with Crippen LogP contribution in [0.2, 0.25) is 0 Å². The molecule has 106 valence electrons. The van der Waals surface area contributed by atoms with Crippen LogP contribution in [0, 0.1) is 11.8 Å². The number of amides is 1. The minimum atomic E-state index is 0.0761. The van der Waals surface area contributed by atoms with E-state index in [0.29, 0.717) is 12.0 Å². The Morgan fingerprint density at radius 3 is 2.89 bits per heavy atom. The average Bonchev–Trinajstić information content (AvgIpc) is 2.90. The Balaban J connectivity index is 1.44. The van der Waals surface area contributed by atoms with Gasteiger partial charge in [0.25, 0.3) is 0 Å². The van der Waals surface area contributed by atoms with Gasteiger partial charge in [0.05, 0.1) is 6.04 Å². The standard InChI is InChI=1S/C16H26N2O/c19-16(17-11-12-6-2-1-3-7-12)15-10-13-8-4-5-9-14(13)18-15/h1-2,12-15,18H,3-11H2,(H,17,19). The maximum Gasteiger partial charge on any atom is 0.237 e. The molecule has 1 aliphatic heterocycles. The highest BCUT2D eigenvalue weighted by molar-refractivity contribution is 5.82. The molecule has 0 spiro atoms. The SMILES string of the molecule is O=C(NCC1CC=CCC1)C1CC2CCCCC2N1. The van der Waals surface area contributed by atoms with Crippen LogP contribution < -0.4 is 10.6 Å². The Kier molecular flexibility index (Phi) is 4.21. The highest BCUT2D eigenvalue weighted by Crippen LogP contribution is 2.33. The molecule has 0 radical (unpaired) electrons. The first-order chi connectivity index (χ1) is 9.33. The molecule has 1 amide bonds. The lowest BCUT2D eigenvalue weighted by Gasteiger charge is -2.24. The van der Waals surface area contributed by atoms with Crippen molar-refractivity contribution in [3.8, 4) is 0 Å². The van der Waals surface area contributed by atoms with Crippen molar-refractivity contribution < 1.29 is 4.79 Å². The fourth-order valence-corrected chi connectivity index (χ4v) is 3.93. The third kappa shape index (κ3) is 3.19. The molecule has 3 rings (SSSR count). The number of carbonyl (C=O) groups excluding carboxylic acids is 1. The zero-order chi connectivity index (χ0) is 13.1. The number of fused-ring (bicyclic) bond motifs is 1. The molecule has 0 aromatic carbocycles. The first kappa shape index (κ1) is 13.2. The van der Waals surface area contributed by atoms with Crippen molar-refractivity contribution in [2.45, 2.75) is 63.5 Å². The summed E-state index contributed by atoms with van der Waals surface area (Å²) in [6.45, 7) is 0.858. The highest BCUT2D eigenvalue weighted by Gasteiger charge is 2.38. The van der Waals surface area contributed by atoms with E-state index >= 15 is 0 Å². The van der Waals surface area contributed by atoms with E-state index in [4.69, 9.17) is 0 Å². The monoisotopic (exact) mass is 262 g/mol. The van der Waals surface area contributed by atoms with Gasteiger partial charge in [-0.15, -0.1) is 0 Å². The van der Waals surface area contributed by atoms with Crippen LogP contribution in [0.4, 0.5) is 0 Å². The molecular formula is C16H26N2O. The van der Waals surface area contributed by atoms with E-state index in [-0.39, 0.29) is 11.9 Å². The molecule has 1 saturated heterocycles. The summed E-state index contributed by atoms with van der Waals surface area (Å²) in [5.74, 6) is 1.64. The van der Waals surface area contributed by atoms with Gasteiger partial charge in [0, 0.05) is 12.6 Å². The Bertz CT molecular complexity index is 339. The summed E-state index contributed by atoms with van der Waals surface area (Å²) in [5.41, 5.74) is 0. The zero-order valence-corrected chi connectivity index (χ0v) is 11.7. The van der Waals surface area contributed by atoms with Crippen molar-refractivity contribution in [1.82, 2.24) is 10.6 Å². The van der Waals surface area contributed by atoms with Crippen LogP contribution in [0.5, 0.6) is 0 Å². The Morgan fingerprint density at radius 1 is 1.21 bits per heavy atom. The van der Waals surface area contributed by atoms with E-state index in [2.05, 4.69) is 22.8 Å². The fourth-order valence-electron chi connectivity index (χ4n) is 3.93. The van der Waals surface area contributed by atoms with Crippen LogP contribution in [0.15, 0.2) is 12.2 Å². The number of nitrogens with one attached hydrogen (secondary N) is 2. The molecule has 4 atom stereocenters.